The summed E-state index contributed by atoms with van der Waals surface area (Å²) < 4.78 is 36.4. The van der Waals surface area contributed by atoms with Crippen molar-refractivity contribution in [2.75, 3.05) is 17.9 Å². The van der Waals surface area contributed by atoms with Gasteiger partial charge in [0.15, 0.2) is 5.75 Å². The molecule has 23 heavy (non-hydrogen) atoms. The molecular formula is C14H15N3O5S. The molecule has 0 aliphatic rings. The average molecular weight is 337 g/mol. The van der Waals surface area contributed by atoms with Gasteiger partial charge >= 0.3 is 5.97 Å². The molecule has 1 N–H and O–H groups in total. The van der Waals surface area contributed by atoms with E-state index in [-0.39, 0.29) is 24.1 Å². The maximum Gasteiger partial charge on any atom is 0.302 e. The summed E-state index contributed by atoms with van der Waals surface area (Å²) in [7, 11) is -3.73. The first-order valence-corrected chi connectivity index (χ1v) is 8.12. The minimum Gasteiger partial charge on any atom is -0.487 e. The molecule has 0 aliphatic carbocycles. The Bertz CT molecular complexity index is 748. The van der Waals surface area contributed by atoms with Crippen LogP contribution in [-0.2, 0) is 19.6 Å². The summed E-state index contributed by atoms with van der Waals surface area (Å²) in [6.07, 6.45) is 2.65. The fraction of sp³-hybridized carbons (Fsp3) is 0.214. The fourth-order valence-electron chi connectivity index (χ4n) is 1.57. The van der Waals surface area contributed by atoms with Gasteiger partial charge in [-0.1, -0.05) is 18.2 Å². The zero-order chi connectivity index (χ0) is 16.7. The number of carbonyl (C=O) groups excluding carboxylic acids is 1. The van der Waals surface area contributed by atoms with Crippen molar-refractivity contribution in [1.29, 1.82) is 0 Å². The van der Waals surface area contributed by atoms with Gasteiger partial charge in [-0.2, -0.15) is 0 Å². The van der Waals surface area contributed by atoms with Crippen LogP contribution >= 0.6 is 0 Å². The minimum atomic E-state index is -3.73. The van der Waals surface area contributed by atoms with E-state index < -0.39 is 16.0 Å². The van der Waals surface area contributed by atoms with Crippen LogP contribution in [0.25, 0.3) is 0 Å². The maximum absolute atomic E-state index is 12.1. The quantitative estimate of drug-likeness (QED) is 0.598. The molecule has 122 valence electrons. The number of benzene rings is 1. The van der Waals surface area contributed by atoms with Crippen LogP contribution in [0.1, 0.15) is 6.92 Å². The highest BCUT2D eigenvalue weighted by atomic mass is 32.2. The summed E-state index contributed by atoms with van der Waals surface area (Å²) in [5.41, 5.74) is 0. The third-order valence-corrected chi connectivity index (χ3v) is 3.91. The topological polar surface area (TPSA) is 107 Å². The van der Waals surface area contributed by atoms with E-state index in [1.54, 1.807) is 18.2 Å². The van der Waals surface area contributed by atoms with Crippen molar-refractivity contribution in [3.05, 3.63) is 42.7 Å². The second-order valence-corrected chi connectivity index (χ2v) is 6.03. The van der Waals surface area contributed by atoms with Crippen LogP contribution in [-0.4, -0.2) is 37.6 Å². The van der Waals surface area contributed by atoms with Gasteiger partial charge in [-0.05, 0) is 12.1 Å². The number of nitrogens with one attached hydrogen (secondary N) is 1. The molecule has 0 spiro atoms. The lowest BCUT2D eigenvalue weighted by Gasteiger charge is -2.08. The maximum atomic E-state index is 12.1. The Labute approximate surface area is 133 Å². The molecular weight excluding hydrogens is 322 g/mol. The molecule has 1 aromatic heterocycles. The first-order valence-electron chi connectivity index (χ1n) is 6.63. The molecule has 0 saturated carbocycles. The van der Waals surface area contributed by atoms with E-state index in [1.165, 1.54) is 31.5 Å². The van der Waals surface area contributed by atoms with E-state index in [0.29, 0.717) is 5.75 Å². The number of sulfonamides is 1. The first kappa shape index (κ1) is 16.7. The lowest BCUT2D eigenvalue weighted by molar-refractivity contribution is -0.141. The number of hydrogen-bond acceptors (Lipinski definition) is 7. The van der Waals surface area contributed by atoms with Crippen LogP contribution < -0.4 is 9.46 Å². The molecule has 0 radical (unpaired) electrons. The largest absolute Gasteiger partial charge is 0.487 e. The van der Waals surface area contributed by atoms with Crippen molar-refractivity contribution in [3.8, 4) is 5.75 Å². The normalized spacial score (nSPS) is 10.8. The fourth-order valence-corrected chi connectivity index (χ4v) is 2.55. The van der Waals surface area contributed by atoms with E-state index in [2.05, 4.69) is 14.7 Å². The molecule has 0 amide bonds. The number of aromatic nitrogens is 2. The van der Waals surface area contributed by atoms with E-state index >= 15 is 0 Å². The molecule has 8 nitrogen and oxygen atoms in total. The van der Waals surface area contributed by atoms with E-state index in [0.717, 1.165) is 0 Å². The van der Waals surface area contributed by atoms with Gasteiger partial charge in [-0.15, -0.1) is 0 Å². The number of esters is 1. The SMILES string of the molecule is CC(=O)OCCOc1cnc(NS(=O)(=O)c2ccccc2)nc1. The van der Waals surface area contributed by atoms with Crippen molar-refractivity contribution in [2.24, 2.45) is 0 Å². The van der Waals surface area contributed by atoms with Crippen LogP contribution in [0.2, 0.25) is 0 Å². The van der Waals surface area contributed by atoms with Gasteiger partial charge in [0.1, 0.15) is 13.2 Å². The van der Waals surface area contributed by atoms with E-state index in [9.17, 15) is 13.2 Å². The molecule has 9 heteroatoms. The zero-order valence-electron chi connectivity index (χ0n) is 12.3. The van der Waals surface area contributed by atoms with E-state index in [1.807, 2.05) is 0 Å². The monoisotopic (exact) mass is 337 g/mol. The van der Waals surface area contributed by atoms with Crippen molar-refractivity contribution in [1.82, 2.24) is 9.97 Å². The summed E-state index contributed by atoms with van der Waals surface area (Å²) in [4.78, 5) is 18.4. The minimum absolute atomic E-state index is 0.0683. The highest BCUT2D eigenvalue weighted by Gasteiger charge is 2.14. The first-order chi connectivity index (χ1) is 11.0. The summed E-state index contributed by atoms with van der Waals surface area (Å²) in [6.45, 7) is 1.56. The van der Waals surface area contributed by atoms with Gasteiger partial charge in [0.05, 0.1) is 17.3 Å². The molecule has 1 heterocycles. The smallest absolute Gasteiger partial charge is 0.302 e. The van der Waals surface area contributed by atoms with Crippen LogP contribution in [0, 0.1) is 0 Å². The van der Waals surface area contributed by atoms with Gasteiger partial charge < -0.3 is 9.47 Å². The number of rotatable bonds is 7. The molecule has 0 saturated heterocycles. The highest BCUT2D eigenvalue weighted by Crippen LogP contribution is 2.14. The third kappa shape index (κ3) is 5.22. The van der Waals surface area contributed by atoms with Crippen LogP contribution in [0.15, 0.2) is 47.6 Å². The predicted molar refractivity (Wildman–Crippen MR) is 81.4 cm³/mol. The highest BCUT2D eigenvalue weighted by molar-refractivity contribution is 7.92. The average Bonchev–Trinajstić information content (AvgIpc) is 2.53. The van der Waals surface area contributed by atoms with Crippen molar-refractivity contribution >= 4 is 21.9 Å². The van der Waals surface area contributed by atoms with Crippen molar-refractivity contribution < 1.29 is 22.7 Å². The lowest BCUT2D eigenvalue weighted by atomic mass is 10.4. The molecule has 0 aliphatic heterocycles. The Morgan fingerprint density at radius 3 is 2.39 bits per heavy atom. The zero-order valence-corrected chi connectivity index (χ0v) is 13.1. The van der Waals surface area contributed by atoms with Crippen molar-refractivity contribution in [3.63, 3.8) is 0 Å². The Morgan fingerprint density at radius 2 is 1.78 bits per heavy atom. The Kier molecular flexibility index (Phi) is 5.47. The number of nitrogens with zero attached hydrogens (tertiary/aromatic N) is 2. The van der Waals surface area contributed by atoms with Gasteiger partial charge in [-0.25, -0.2) is 23.1 Å². The summed E-state index contributed by atoms with van der Waals surface area (Å²) in [5, 5.41) is 0. The molecule has 2 aromatic rings. The summed E-state index contributed by atoms with van der Waals surface area (Å²) in [6, 6.07) is 7.89. The van der Waals surface area contributed by atoms with Gasteiger partial charge in [0.25, 0.3) is 10.0 Å². The Morgan fingerprint density at radius 1 is 1.13 bits per heavy atom. The van der Waals surface area contributed by atoms with Crippen LogP contribution in [0.5, 0.6) is 5.75 Å². The van der Waals surface area contributed by atoms with Crippen molar-refractivity contribution in [2.45, 2.75) is 11.8 Å². The third-order valence-electron chi connectivity index (χ3n) is 2.56. The van der Waals surface area contributed by atoms with Gasteiger partial charge in [0.2, 0.25) is 5.95 Å². The Hall–Kier alpha value is -2.68. The molecule has 1 aromatic carbocycles. The van der Waals surface area contributed by atoms with Gasteiger partial charge in [0, 0.05) is 6.92 Å². The van der Waals surface area contributed by atoms with E-state index in [4.69, 9.17) is 9.47 Å². The predicted octanol–water partition coefficient (Wildman–Crippen LogP) is 1.22. The summed E-state index contributed by atoms with van der Waals surface area (Å²) in [5.74, 6) is -0.128. The molecule has 0 fully saturated rings. The Balaban J connectivity index is 1.93. The second-order valence-electron chi connectivity index (χ2n) is 4.35. The van der Waals surface area contributed by atoms with Gasteiger partial charge in [-0.3, -0.25) is 4.79 Å². The van der Waals surface area contributed by atoms with Crippen LogP contribution in [0.4, 0.5) is 5.95 Å². The number of ether oxygens (including phenoxy) is 2. The standard InChI is InChI=1S/C14H15N3O5S/c1-11(18)21-7-8-22-12-9-15-14(16-10-12)17-23(19,20)13-5-3-2-4-6-13/h2-6,9-10H,7-8H2,1H3,(H,15,16,17). The molecule has 0 unspecified atom stereocenters. The summed E-state index contributed by atoms with van der Waals surface area (Å²) >= 11 is 0. The number of hydrogen-bond donors (Lipinski definition) is 1. The lowest BCUT2D eigenvalue weighted by Crippen LogP contribution is -2.15. The molecule has 0 atom stereocenters. The second kappa shape index (κ2) is 7.54. The van der Waals surface area contributed by atoms with Crippen LogP contribution in [0.3, 0.4) is 0 Å². The molecule has 0 bridgehead atoms. The number of carbonyl (C=O) groups is 1. The molecule has 2 rings (SSSR count). The number of anilines is 1.